The number of nitrogens with one attached hydrogen (secondary N) is 1. The summed E-state index contributed by atoms with van der Waals surface area (Å²) >= 11 is 0. The number of hydrogen-bond acceptors (Lipinski definition) is 5. The Hall–Kier alpha value is -2.63. The molecular weight excluding hydrogens is 234 g/mol. The van der Waals surface area contributed by atoms with Gasteiger partial charge in [-0.1, -0.05) is 12.1 Å². The van der Waals surface area contributed by atoms with Crippen molar-refractivity contribution in [1.29, 1.82) is 0 Å². The SMILES string of the molecule is O=[N+]([O-])c1cnccc1NCc1ccc(O)cc1. The van der Waals surface area contributed by atoms with E-state index < -0.39 is 4.92 Å². The molecule has 2 aromatic rings. The Labute approximate surface area is 103 Å². The second kappa shape index (κ2) is 5.13. The number of hydrogen-bond donors (Lipinski definition) is 2. The van der Waals surface area contributed by atoms with Crippen LogP contribution in [0.2, 0.25) is 0 Å². The molecule has 1 heterocycles. The van der Waals surface area contributed by atoms with Crippen LogP contribution in [-0.4, -0.2) is 15.0 Å². The van der Waals surface area contributed by atoms with Crippen LogP contribution in [0.3, 0.4) is 0 Å². The monoisotopic (exact) mass is 245 g/mol. The van der Waals surface area contributed by atoms with Gasteiger partial charge in [0, 0.05) is 12.7 Å². The van der Waals surface area contributed by atoms with Crippen LogP contribution >= 0.6 is 0 Å². The van der Waals surface area contributed by atoms with Crippen LogP contribution in [0.1, 0.15) is 5.56 Å². The van der Waals surface area contributed by atoms with E-state index in [0.29, 0.717) is 12.2 Å². The van der Waals surface area contributed by atoms with Crippen LogP contribution in [0.4, 0.5) is 11.4 Å². The molecule has 0 aliphatic carbocycles. The van der Waals surface area contributed by atoms with Gasteiger partial charge < -0.3 is 10.4 Å². The number of phenolic OH excluding ortho intramolecular Hbond substituents is 1. The van der Waals surface area contributed by atoms with E-state index in [0.717, 1.165) is 5.56 Å². The minimum atomic E-state index is -0.480. The average molecular weight is 245 g/mol. The van der Waals surface area contributed by atoms with Crippen molar-refractivity contribution >= 4 is 11.4 Å². The van der Waals surface area contributed by atoms with Crippen molar-refractivity contribution in [2.24, 2.45) is 0 Å². The first-order chi connectivity index (χ1) is 8.66. The summed E-state index contributed by atoms with van der Waals surface area (Å²) in [5.41, 5.74) is 1.28. The van der Waals surface area contributed by atoms with Gasteiger partial charge in [-0.3, -0.25) is 15.1 Å². The third kappa shape index (κ3) is 2.73. The fraction of sp³-hybridized carbons (Fsp3) is 0.0833. The van der Waals surface area contributed by atoms with Gasteiger partial charge in [0.25, 0.3) is 0 Å². The Morgan fingerprint density at radius 1 is 1.28 bits per heavy atom. The highest BCUT2D eigenvalue weighted by Gasteiger charge is 2.12. The van der Waals surface area contributed by atoms with E-state index in [1.54, 1.807) is 30.3 Å². The number of aromatic nitrogens is 1. The van der Waals surface area contributed by atoms with Crippen molar-refractivity contribution in [3.63, 3.8) is 0 Å². The lowest BCUT2D eigenvalue weighted by atomic mass is 10.2. The molecule has 18 heavy (non-hydrogen) atoms. The number of rotatable bonds is 4. The lowest BCUT2D eigenvalue weighted by Gasteiger charge is -2.06. The summed E-state index contributed by atoms with van der Waals surface area (Å²) in [6.45, 7) is 0.436. The topological polar surface area (TPSA) is 88.3 Å². The summed E-state index contributed by atoms with van der Waals surface area (Å²) in [5.74, 6) is 0.189. The molecule has 6 heteroatoms. The zero-order valence-electron chi connectivity index (χ0n) is 9.41. The normalized spacial score (nSPS) is 10.0. The highest BCUT2D eigenvalue weighted by atomic mass is 16.6. The van der Waals surface area contributed by atoms with Crippen molar-refractivity contribution in [2.75, 3.05) is 5.32 Å². The maximum atomic E-state index is 10.8. The number of benzene rings is 1. The Morgan fingerprint density at radius 2 is 2.00 bits per heavy atom. The average Bonchev–Trinajstić information content (AvgIpc) is 2.38. The molecule has 0 bridgehead atoms. The van der Waals surface area contributed by atoms with Gasteiger partial charge in [0.2, 0.25) is 0 Å². The van der Waals surface area contributed by atoms with E-state index >= 15 is 0 Å². The molecule has 0 unspecified atom stereocenters. The van der Waals surface area contributed by atoms with Crippen LogP contribution < -0.4 is 5.32 Å². The predicted molar refractivity (Wildman–Crippen MR) is 66.3 cm³/mol. The highest BCUT2D eigenvalue weighted by molar-refractivity contribution is 5.59. The molecule has 6 nitrogen and oxygen atoms in total. The molecule has 0 saturated heterocycles. The lowest BCUT2D eigenvalue weighted by molar-refractivity contribution is -0.384. The first-order valence-electron chi connectivity index (χ1n) is 5.27. The van der Waals surface area contributed by atoms with Crippen molar-refractivity contribution < 1.29 is 10.0 Å². The summed E-state index contributed by atoms with van der Waals surface area (Å²) in [6, 6.07) is 8.18. The Bertz CT molecular complexity index is 555. The molecule has 2 rings (SSSR count). The minimum absolute atomic E-state index is 0.0590. The fourth-order valence-corrected chi connectivity index (χ4v) is 1.49. The van der Waals surface area contributed by atoms with Gasteiger partial charge in [0.15, 0.2) is 0 Å². The molecule has 92 valence electrons. The van der Waals surface area contributed by atoms with Gasteiger partial charge in [0.05, 0.1) is 4.92 Å². The molecule has 0 saturated carbocycles. The summed E-state index contributed by atoms with van der Waals surface area (Å²) in [6.07, 6.45) is 2.70. The number of pyridine rings is 1. The largest absolute Gasteiger partial charge is 0.508 e. The van der Waals surface area contributed by atoms with E-state index in [-0.39, 0.29) is 11.4 Å². The number of aromatic hydroxyl groups is 1. The molecule has 0 aliphatic rings. The lowest BCUT2D eigenvalue weighted by Crippen LogP contribution is -2.02. The zero-order valence-corrected chi connectivity index (χ0v) is 9.41. The summed E-state index contributed by atoms with van der Waals surface area (Å²) in [4.78, 5) is 14.0. The second-order valence-corrected chi connectivity index (χ2v) is 3.67. The summed E-state index contributed by atoms with van der Waals surface area (Å²) in [5, 5.41) is 22.9. The van der Waals surface area contributed by atoms with Gasteiger partial charge in [-0.05, 0) is 23.8 Å². The van der Waals surface area contributed by atoms with Gasteiger partial charge in [-0.2, -0.15) is 0 Å². The van der Waals surface area contributed by atoms with E-state index in [1.807, 2.05) is 0 Å². The fourth-order valence-electron chi connectivity index (χ4n) is 1.49. The third-order valence-corrected chi connectivity index (χ3v) is 2.42. The van der Waals surface area contributed by atoms with Crippen LogP contribution in [-0.2, 0) is 6.54 Å². The Kier molecular flexibility index (Phi) is 3.38. The van der Waals surface area contributed by atoms with Gasteiger partial charge in [-0.25, -0.2) is 0 Å². The summed E-state index contributed by atoms with van der Waals surface area (Å²) in [7, 11) is 0. The standard InChI is InChI=1S/C12H11N3O3/c16-10-3-1-9(2-4-10)7-14-11-5-6-13-8-12(11)15(17)18/h1-6,8,16H,7H2,(H,13,14). The van der Waals surface area contributed by atoms with Crippen molar-refractivity contribution in [3.8, 4) is 5.75 Å². The van der Waals surface area contributed by atoms with Gasteiger partial charge in [-0.15, -0.1) is 0 Å². The molecule has 0 spiro atoms. The van der Waals surface area contributed by atoms with Crippen molar-refractivity contribution in [3.05, 3.63) is 58.4 Å². The molecular formula is C12H11N3O3. The zero-order chi connectivity index (χ0) is 13.0. The van der Waals surface area contributed by atoms with E-state index in [9.17, 15) is 10.1 Å². The van der Waals surface area contributed by atoms with Gasteiger partial charge in [0.1, 0.15) is 17.6 Å². The molecule has 0 atom stereocenters. The number of nitro groups is 1. The quantitative estimate of drug-likeness (QED) is 0.637. The number of nitrogens with zero attached hydrogens (tertiary/aromatic N) is 2. The van der Waals surface area contributed by atoms with Crippen molar-refractivity contribution in [1.82, 2.24) is 4.98 Å². The predicted octanol–water partition coefficient (Wildman–Crippen LogP) is 2.31. The molecule has 0 aliphatic heterocycles. The minimum Gasteiger partial charge on any atom is -0.508 e. The van der Waals surface area contributed by atoms with Crippen LogP contribution in [0.5, 0.6) is 5.75 Å². The molecule has 1 aromatic heterocycles. The first-order valence-corrected chi connectivity index (χ1v) is 5.27. The molecule has 0 radical (unpaired) electrons. The smallest absolute Gasteiger partial charge is 0.310 e. The van der Waals surface area contributed by atoms with Crippen LogP contribution in [0, 0.1) is 10.1 Å². The first kappa shape index (κ1) is 11.8. The molecule has 2 N–H and O–H groups in total. The highest BCUT2D eigenvalue weighted by Crippen LogP contribution is 2.22. The molecule has 0 fully saturated rings. The summed E-state index contributed by atoms with van der Waals surface area (Å²) < 4.78 is 0. The molecule has 0 amide bonds. The van der Waals surface area contributed by atoms with E-state index in [4.69, 9.17) is 5.11 Å². The van der Waals surface area contributed by atoms with Crippen LogP contribution in [0.15, 0.2) is 42.7 Å². The maximum Gasteiger partial charge on any atom is 0.310 e. The van der Waals surface area contributed by atoms with E-state index in [2.05, 4.69) is 10.3 Å². The maximum absolute atomic E-state index is 10.8. The number of phenols is 1. The number of anilines is 1. The van der Waals surface area contributed by atoms with Gasteiger partial charge >= 0.3 is 5.69 Å². The molecule has 1 aromatic carbocycles. The Morgan fingerprint density at radius 3 is 2.67 bits per heavy atom. The van der Waals surface area contributed by atoms with E-state index in [1.165, 1.54) is 12.4 Å². The Balaban J connectivity index is 2.10. The second-order valence-electron chi connectivity index (χ2n) is 3.67. The van der Waals surface area contributed by atoms with Crippen LogP contribution in [0.25, 0.3) is 0 Å². The van der Waals surface area contributed by atoms with Crippen molar-refractivity contribution in [2.45, 2.75) is 6.54 Å². The third-order valence-electron chi connectivity index (χ3n) is 2.42.